The molecule has 122 valence electrons. The molecule has 1 amide bonds. The van der Waals surface area contributed by atoms with Crippen LogP contribution in [0.15, 0.2) is 24.5 Å². The summed E-state index contributed by atoms with van der Waals surface area (Å²) in [7, 11) is 0. The van der Waals surface area contributed by atoms with Gasteiger partial charge in [0, 0.05) is 5.69 Å². The van der Waals surface area contributed by atoms with Crippen LogP contribution in [0.4, 0.5) is 14.5 Å². The van der Waals surface area contributed by atoms with Gasteiger partial charge in [-0.2, -0.15) is 8.78 Å². The minimum absolute atomic E-state index is 0.0787. The predicted molar refractivity (Wildman–Crippen MR) is 76.3 cm³/mol. The highest BCUT2D eigenvalue weighted by Gasteiger charge is 2.61. The summed E-state index contributed by atoms with van der Waals surface area (Å²) in [4.78, 5) is 11.8. The molecule has 0 bridgehead atoms. The molecule has 0 aliphatic heterocycles. The number of halogens is 2. The molecule has 0 atom stereocenters. The monoisotopic (exact) mass is 323 g/mol. The molecule has 7 nitrogen and oxygen atoms in total. The number of nitrogens with zero attached hydrogens (tertiary/aromatic N) is 4. The largest absolute Gasteiger partial charge is 0.383 e. The molecule has 1 aliphatic carbocycles. The molecule has 1 aromatic carbocycles. The fourth-order valence-electron chi connectivity index (χ4n) is 2.51. The maximum Gasteiger partial charge on any atom is 0.352 e. The smallest absolute Gasteiger partial charge is 0.352 e. The highest BCUT2D eigenvalue weighted by atomic mass is 19.3. The number of nitrogens with one attached hydrogen (secondary N) is 1. The van der Waals surface area contributed by atoms with Crippen molar-refractivity contribution in [3.05, 3.63) is 30.1 Å². The molecule has 1 aliphatic rings. The highest BCUT2D eigenvalue weighted by molar-refractivity contribution is 5.97. The van der Waals surface area contributed by atoms with Crippen LogP contribution in [0.3, 0.4) is 0 Å². The molecular formula is C14H15F2N5O2. The van der Waals surface area contributed by atoms with E-state index in [1.54, 1.807) is 13.0 Å². The van der Waals surface area contributed by atoms with E-state index in [2.05, 4.69) is 20.8 Å². The van der Waals surface area contributed by atoms with E-state index in [-0.39, 0.29) is 18.5 Å². The van der Waals surface area contributed by atoms with Gasteiger partial charge in [0.15, 0.2) is 0 Å². The minimum Gasteiger partial charge on any atom is -0.383 e. The summed E-state index contributed by atoms with van der Waals surface area (Å²) in [6, 6.07) is 4.62. The molecule has 0 spiro atoms. The first kappa shape index (κ1) is 15.5. The van der Waals surface area contributed by atoms with E-state index in [0.717, 1.165) is 0 Å². The van der Waals surface area contributed by atoms with Gasteiger partial charge in [-0.05, 0) is 60.4 Å². The third-order valence-electron chi connectivity index (χ3n) is 4.10. The van der Waals surface area contributed by atoms with E-state index in [1.165, 1.54) is 23.1 Å². The second-order valence-corrected chi connectivity index (χ2v) is 5.67. The van der Waals surface area contributed by atoms with Crippen molar-refractivity contribution >= 4 is 11.6 Å². The number of aliphatic hydroxyl groups is 1. The SMILES string of the molecule is Cc1cc(NC(=O)C(F)(F)C2(O)CCC2)ccc1-n1cnnn1. The maximum absolute atomic E-state index is 14.0. The fourth-order valence-corrected chi connectivity index (χ4v) is 2.51. The lowest BCUT2D eigenvalue weighted by atomic mass is 9.75. The molecule has 3 rings (SSSR count). The first-order valence-corrected chi connectivity index (χ1v) is 7.09. The zero-order valence-electron chi connectivity index (χ0n) is 12.3. The third kappa shape index (κ3) is 2.56. The van der Waals surface area contributed by atoms with Crippen LogP contribution in [0.25, 0.3) is 5.69 Å². The van der Waals surface area contributed by atoms with Crippen molar-refractivity contribution in [3.8, 4) is 5.69 Å². The van der Waals surface area contributed by atoms with E-state index in [4.69, 9.17) is 0 Å². The van der Waals surface area contributed by atoms with E-state index in [1.807, 2.05) is 0 Å². The van der Waals surface area contributed by atoms with Crippen LogP contribution in [0.1, 0.15) is 24.8 Å². The van der Waals surface area contributed by atoms with E-state index in [9.17, 15) is 18.7 Å². The van der Waals surface area contributed by atoms with Gasteiger partial charge in [-0.25, -0.2) is 4.68 Å². The second-order valence-electron chi connectivity index (χ2n) is 5.67. The number of benzene rings is 1. The Morgan fingerprint density at radius 1 is 1.43 bits per heavy atom. The number of amides is 1. The summed E-state index contributed by atoms with van der Waals surface area (Å²) in [5.41, 5.74) is -0.663. The molecular weight excluding hydrogens is 308 g/mol. The van der Waals surface area contributed by atoms with Crippen LogP contribution in [0.2, 0.25) is 0 Å². The van der Waals surface area contributed by atoms with Crippen molar-refractivity contribution in [2.45, 2.75) is 37.7 Å². The summed E-state index contributed by atoms with van der Waals surface area (Å²) >= 11 is 0. The van der Waals surface area contributed by atoms with Crippen molar-refractivity contribution in [3.63, 3.8) is 0 Å². The Balaban J connectivity index is 1.78. The van der Waals surface area contributed by atoms with Crippen molar-refractivity contribution in [2.75, 3.05) is 5.32 Å². The molecule has 23 heavy (non-hydrogen) atoms. The first-order chi connectivity index (χ1) is 10.8. The topological polar surface area (TPSA) is 92.9 Å². The van der Waals surface area contributed by atoms with Gasteiger partial charge >= 0.3 is 5.92 Å². The molecule has 2 N–H and O–H groups in total. The van der Waals surface area contributed by atoms with Crippen LogP contribution in [0, 0.1) is 6.92 Å². The summed E-state index contributed by atoms with van der Waals surface area (Å²) in [6.45, 7) is 1.74. The van der Waals surface area contributed by atoms with Crippen LogP contribution in [0.5, 0.6) is 0 Å². The average Bonchev–Trinajstić information content (AvgIpc) is 2.98. The number of hydrogen-bond acceptors (Lipinski definition) is 5. The Kier molecular flexibility index (Phi) is 3.59. The summed E-state index contributed by atoms with van der Waals surface area (Å²) in [5, 5.41) is 22.7. The van der Waals surface area contributed by atoms with Crippen molar-refractivity contribution in [2.24, 2.45) is 0 Å². The van der Waals surface area contributed by atoms with Gasteiger partial charge in [0.2, 0.25) is 0 Å². The molecule has 0 saturated heterocycles. The van der Waals surface area contributed by atoms with Gasteiger partial charge in [-0.15, -0.1) is 5.10 Å². The summed E-state index contributed by atoms with van der Waals surface area (Å²) in [6.07, 6.45) is 1.73. The predicted octanol–water partition coefficient (Wildman–Crippen LogP) is 1.46. The number of carbonyl (C=O) groups excluding carboxylic acids is 1. The van der Waals surface area contributed by atoms with Crippen molar-refractivity contribution in [1.29, 1.82) is 0 Å². The number of hydrogen-bond donors (Lipinski definition) is 2. The maximum atomic E-state index is 14.0. The Morgan fingerprint density at radius 2 is 2.17 bits per heavy atom. The van der Waals surface area contributed by atoms with Crippen LogP contribution in [-0.2, 0) is 4.79 Å². The molecule has 1 heterocycles. The number of carbonyl (C=O) groups is 1. The first-order valence-electron chi connectivity index (χ1n) is 7.09. The van der Waals surface area contributed by atoms with Gasteiger partial charge in [0.05, 0.1) is 5.69 Å². The number of rotatable bonds is 4. The minimum atomic E-state index is -3.83. The molecule has 0 unspecified atom stereocenters. The van der Waals surface area contributed by atoms with Crippen molar-refractivity contribution in [1.82, 2.24) is 20.2 Å². The van der Waals surface area contributed by atoms with Crippen LogP contribution < -0.4 is 5.32 Å². The number of alkyl halides is 2. The number of aromatic nitrogens is 4. The third-order valence-corrected chi connectivity index (χ3v) is 4.10. The second kappa shape index (κ2) is 5.34. The molecule has 1 saturated carbocycles. The quantitative estimate of drug-likeness (QED) is 0.888. The normalized spacial score (nSPS) is 16.7. The molecule has 9 heteroatoms. The zero-order chi connectivity index (χ0) is 16.7. The molecule has 0 radical (unpaired) electrons. The Morgan fingerprint density at radius 3 is 2.70 bits per heavy atom. The van der Waals surface area contributed by atoms with Gasteiger partial charge in [0.1, 0.15) is 11.9 Å². The number of anilines is 1. The van der Waals surface area contributed by atoms with Gasteiger partial charge in [-0.1, -0.05) is 0 Å². The average molecular weight is 323 g/mol. The Labute approximate surface area is 130 Å². The zero-order valence-corrected chi connectivity index (χ0v) is 12.3. The van der Waals surface area contributed by atoms with Gasteiger partial charge in [-0.3, -0.25) is 4.79 Å². The lowest BCUT2D eigenvalue weighted by Gasteiger charge is -2.41. The Bertz CT molecular complexity index is 729. The summed E-state index contributed by atoms with van der Waals surface area (Å²) in [5.74, 6) is -5.33. The van der Waals surface area contributed by atoms with E-state index >= 15 is 0 Å². The Hall–Kier alpha value is -2.42. The van der Waals surface area contributed by atoms with Gasteiger partial charge in [0.25, 0.3) is 5.91 Å². The summed E-state index contributed by atoms with van der Waals surface area (Å²) < 4.78 is 29.5. The highest BCUT2D eigenvalue weighted by Crippen LogP contribution is 2.44. The standard InChI is InChI=1S/C14H15F2N5O2/c1-9-7-10(3-4-11(9)21-8-17-19-20-21)18-12(22)14(15,16)13(23)5-2-6-13/h3-4,7-8,23H,2,5-6H2,1H3,(H,18,22). The lowest BCUT2D eigenvalue weighted by Crippen LogP contribution is -2.59. The van der Waals surface area contributed by atoms with Crippen LogP contribution in [-0.4, -0.2) is 42.7 Å². The molecule has 1 aromatic heterocycles. The van der Waals surface area contributed by atoms with E-state index < -0.39 is 17.4 Å². The van der Waals surface area contributed by atoms with Crippen molar-refractivity contribution < 1.29 is 18.7 Å². The van der Waals surface area contributed by atoms with E-state index in [0.29, 0.717) is 17.7 Å². The lowest BCUT2D eigenvalue weighted by molar-refractivity contribution is -0.212. The fraction of sp³-hybridized carbons (Fsp3) is 0.429. The number of aryl methyl sites for hydroxylation is 1. The van der Waals surface area contributed by atoms with Gasteiger partial charge < -0.3 is 10.4 Å². The number of tetrazole rings is 1. The van der Waals surface area contributed by atoms with Crippen LogP contribution >= 0.6 is 0 Å². The molecule has 2 aromatic rings. The molecule has 1 fully saturated rings.